The van der Waals surface area contributed by atoms with Gasteiger partial charge in [0.25, 0.3) is 0 Å². The van der Waals surface area contributed by atoms with Crippen LogP contribution < -0.4 is 0 Å². The molecule has 3 N–H and O–H groups in total. The number of ether oxygens (including phenoxy) is 1. The first kappa shape index (κ1) is 22.3. The lowest BCUT2D eigenvalue weighted by atomic mass is 9.50. The van der Waals surface area contributed by atoms with Gasteiger partial charge in [-0.05, 0) is 78.6 Å². The molecule has 2 unspecified atom stereocenters. The summed E-state index contributed by atoms with van der Waals surface area (Å²) in [7, 11) is 0. The van der Waals surface area contributed by atoms with Gasteiger partial charge in [0.05, 0.1) is 19.6 Å². The molecule has 3 fully saturated rings. The van der Waals surface area contributed by atoms with Gasteiger partial charge in [-0.15, -0.1) is 0 Å². The Bertz CT molecular complexity index is 718. The SMILES string of the molecule is C[C@H]1CC[C@@]23C[C@]2(C)CCC[C@@H]3[C@@]1(C)CCC1=CCC(O)(C(CO)CC(=O)O)OC1. The standard InChI is InChI=1S/C25H40O5/c1-17-6-11-24-16-22(24,2)9-4-5-20(24)23(17,3)10-7-18-8-12-25(29,30-15-18)19(14-26)13-21(27)28/h8,17,19-20,26,29H,4-7,9-16H2,1-3H3,(H,27,28)/t17-,19?,20+,22-,23-,24-,25?/m0/s1. The number of hydrogen-bond donors (Lipinski definition) is 3. The fourth-order valence-electron chi connectivity index (χ4n) is 7.69. The van der Waals surface area contributed by atoms with E-state index >= 15 is 0 Å². The van der Waals surface area contributed by atoms with Crippen molar-refractivity contribution in [2.24, 2.45) is 34.0 Å². The maximum absolute atomic E-state index is 11.0. The van der Waals surface area contributed by atoms with Crippen LogP contribution in [0, 0.1) is 34.0 Å². The van der Waals surface area contributed by atoms with Gasteiger partial charge in [-0.1, -0.05) is 33.3 Å². The molecular weight excluding hydrogens is 380 g/mol. The van der Waals surface area contributed by atoms with Gasteiger partial charge in [0.15, 0.2) is 5.79 Å². The van der Waals surface area contributed by atoms with Gasteiger partial charge in [-0.2, -0.15) is 0 Å². The van der Waals surface area contributed by atoms with Crippen LogP contribution in [-0.2, 0) is 9.53 Å². The average molecular weight is 421 g/mol. The molecule has 30 heavy (non-hydrogen) atoms. The maximum Gasteiger partial charge on any atom is 0.303 e. The quantitative estimate of drug-likeness (QED) is 0.527. The second-order valence-electron chi connectivity index (χ2n) is 11.5. The van der Waals surface area contributed by atoms with Crippen LogP contribution in [0.1, 0.15) is 85.0 Å². The van der Waals surface area contributed by atoms with Gasteiger partial charge in [0.1, 0.15) is 0 Å². The summed E-state index contributed by atoms with van der Waals surface area (Å²) in [5, 5.41) is 29.3. The van der Waals surface area contributed by atoms with Gasteiger partial charge in [0.2, 0.25) is 0 Å². The Kier molecular flexibility index (Phi) is 5.64. The molecule has 3 saturated carbocycles. The number of hydrogen-bond acceptors (Lipinski definition) is 4. The van der Waals surface area contributed by atoms with Gasteiger partial charge in [-0.3, -0.25) is 4.79 Å². The molecule has 0 saturated heterocycles. The van der Waals surface area contributed by atoms with E-state index in [1.54, 1.807) is 0 Å². The number of carboxylic acid groups (broad SMARTS) is 1. The average Bonchev–Trinajstić information content (AvgIpc) is 3.34. The molecule has 4 aliphatic rings. The third-order valence-electron chi connectivity index (χ3n) is 10.1. The topological polar surface area (TPSA) is 87.0 Å². The third kappa shape index (κ3) is 3.45. The Labute approximate surface area is 180 Å². The molecule has 1 heterocycles. The fraction of sp³-hybridized carbons (Fsp3) is 0.880. The number of carbonyl (C=O) groups is 1. The van der Waals surface area contributed by atoms with Gasteiger partial charge >= 0.3 is 5.97 Å². The highest BCUT2D eigenvalue weighted by atomic mass is 16.6. The number of carboxylic acids is 1. The summed E-state index contributed by atoms with van der Waals surface area (Å²) in [6, 6.07) is 0. The highest BCUT2D eigenvalue weighted by Crippen LogP contribution is 2.80. The lowest BCUT2D eigenvalue weighted by Gasteiger charge is -2.55. The Morgan fingerprint density at radius 3 is 2.70 bits per heavy atom. The summed E-state index contributed by atoms with van der Waals surface area (Å²) in [4.78, 5) is 11.0. The van der Waals surface area contributed by atoms with Crippen LogP contribution in [-0.4, -0.2) is 40.3 Å². The Balaban J connectivity index is 1.42. The predicted molar refractivity (Wildman–Crippen MR) is 115 cm³/mol. The monoisotopic (exact) mass is 420 g/mol. The molecule has 0 aromatic rings. The molecule has 0 aromatic carbocycles. The number of aliphatic hydroxyl groups is 2. The van der Waals surface area contributed by atoms with E-state index in [0.717, 1.165) is 24.7 Å². The zero-order chi connectivity index (χ0) is 21.8. The van der Waals surface area contributed by atoms with Crippen molar-refractivity contribution in [2.45, 2.75) is 90.8 Å². The van der Waals surface area contributed by atoms with Crippen molar-refractivity contribution in [1.29, 1.82) is 0 Å². The van der Waals surface area contributed by atoms with Crippen molar-refractivity contribution in [3.63, 3.8) is 0 Å². The highest BCUT2D eigenvalue weighted by Gasteiger charge is 2.72. The Morgan fingerprint density at radius 2 is 2.07 bits per heavy atom. The first-order valence-corrected chi connectivity index (χ1v) is 12.0. The maximum atomic E-state index is 11.0. The highest BCUT2D eigenvalue weighted by molar-refractivity contribution is 5.67. The van der Waals surface area contributed by atoms with Crippen molar-refractivity contribution in [2.75, 3.05) is 13.2 Å². The largest absolute Gasteiger partial charge is 0.481 e. The van der Waals surface area contributed by atoms with Gasteiger partial charge < -0.3 is 20.1 Å². The number of rotatable bonds is 7. The summed E-state index contributed by atoms with van der Waals surface area (Å²) in [5.74, 6) is -1.87. The second-order valence-corrected chi connectivity index (χ2v) is 11.5. The summed E-state index contributed by atoms with van der Waals surface area (Å²) in [6.45, 7) is 7.43. The molecule has 0 radical (unpaired) electrons. The molecule has 0 bridgehead atoms. The molecule has 1 aliphatic heterocycles. The van der Waals surface area contributed by atoms with Crippen LogP contribution in [0.4, 0.5) is 0 Å². The van der Waals surface area contributed by atoms with E-state index in [9.17, 15) is 15.0 Å². The van der Waals surface area contributed by atoms with E-state index in [4.69, 9.17) is 9.84 Å². The van der Waals surface area contributed by atoms with Crippen molar-refractivity contribution in [1.82, 2.24) is 0 Å². The summed E-state index contributed by atoms with van der Waals surface area (Å²) < 4.78 is 5.75. The van der Waals surface area contributed by atoms with Crippen molar-refractivity contribution >= 4 is 5.97 Å². The Morgan fingerprint density at radius 1 is 1.30 bits per heavy atom. The first-order valence-electron chi connectivity index (χ1n) is 12.0. The molecule has 4 rings (SSSR count). The molecule has 0 amide bonds. The normalized spacial score (nSPS) is 46.4. The Hall–Kier alpha value is -0.910. The van der Waals surface area contributed by atoms with E-state index in [1.165, 1.54) is 44.1 Å². The van der Waals surface area contributed by atoms with Crippen molar-refractivity contribution in [3.8, 4) is 0 Å². The lowest BCUT2D eigenvalue weighted by Crippen LogP contribution is -2.47. The van der Waals surface area contributed by atoms with E-state index < -0.39 is 24.3 Å². The number of aliphatic carboxylic acids is 1. The summed E-state index contributed by atoms with van der Waals surface area (Å²) >= 11 is 0. The minimum Gasteiger partial charge on any atom is -0.481 e. The molecule has 5 heteroatoms. The van der Waals surface area contributed by atoms with Crippen molar-refractivity contribution in [3.05, 3.63) is 11.6 Å². The first-order chi connectivity index (χ1) is 14.1. The zero-order valence-electron chi connectivity index (χ0n) is 19.0. The molecule has 3 aliphatic carbocycles. The van der Waals surface area contributed by atoms with Crippen LogP contribution in [0.25, 0.3) is 0 Å². The van der Waals surface area contributed by atoms with Crippen LogP contribution in [0.3, 0.4) is 0 Å². The third-order valence-corrected chi connectivity index (χ3v) is 10.1. The van der Waals surface area contributed by atoms with Gasteiger partial charge in [-0.25, -0.2) is 0 Å². The molecule has 0 aromatic heterocycles. The summed E-state index contributed by atoms with van der Waals surface area (Å²) in [6.07, 6.45) is 12.4. The molecule has 1 spiro atoms. The fourth-order valence-corrected chi connectivity index (χ4v) is 7.69. The minimum absolute atomic E-state index is 0.249. The van der Waals surface area contributed by atoms with E-state index in [-0.39, 0.29) is 12.8 Å². The molecule has 5 nitrogen and oxygen atoms in total. The number of aliphatic hydroxyl groups excluding tert-OH is 1. The molecular formula is C25H40O5. The van der Waals surface area contributed by atoms with Crippen molar-refractivity contribution < 1.29 is 24.9 Å². The smallest absolute Gasteiger partial charge is 0.303 e. The van der Waals surface area contributed by atoms with E-state index in [0.29, 0.717) is 22.9 Å². The summed E-state index contributed by atoms with van der Waals surface area (Å²) in [5.41, 5.74) is 2.73. The van der Waals surface area contributed by atoms with Crippen LogP contribution in [0.5, 0.6) is 0 Å². The van der Waals surface area contributed by atoms with E-state index in [1.807, 2.05) is 6.08 Å². The van der Waals surface area contributed by atoms with Crippen LogP contribution >= 0.6 is 0 Å². The van der Waals surface area contributed by atoms with Crippen LogP contribution in [0.15, 0.2) is 11.6 Å². The second kappa shape index (κ2) is 7.60. The zero-order valence-corrected chi connectivity index (χ0v) is 19.0. The van der Waals surface area contributed by atoms with E-state index in [2.05, 4.69) is 20.8 Å². The molecule has 7 atom stereocenters. The predicted octanol–water partition coefficient (Wildman–Crippen LogP) is 4.52. The minimum atomic E-state index is -1.58. The molecule has 170 valence electrons. The van der Waals surface area contributed by atoms with Crippen LogP contribution in [0.2, 0.25) is 0 Å². The lowest BCUT2D eigenvalue weighted by molar-refractivity contribution is -0.243. The van der Waals surface area contributed by atoms with Gasteiger partial charge in [0, 0.05) is 12.3 Å².